The fourth-order valence-electron chi connectivity index (χ4n) is 2.06. The van der Waals surface area contributed by atoms with Gasteiger partial charge in [-0.3, -0.25) is 0 Å². The average Bonchev–Trinajstić information content (AvgIpc) is 3.09. The Bertz CT molecular complexity index is 711. The number of benzene rings is 1. The number of carbonyl (C=O) groups is 1. The standard InChI is InChI=1S/C18H22N2O3S2/c1-4-23-18(21)20-19-17(13-6-8-14(22-3)9-7-13)16-11-10-15(25-16)12-24-5-2/h6-11H,4-5,12H2,1-3H3,(H,20,21). The Balaban J connectivity index is 2.28. The van der Waals surface area contributed by atoms with Gasteiger partial charge in [-0.05, 0) is 49.1 Å². The summed E-state index contributed by atoms with van der Waals surface area (Å²) in [4.78, 5) is 13.9. The summed E-state index contributed by atoms with van der Waals surface area (Å²) in [6, 6.07) is 11.7. The van der Waals surface area contributed by atoms with Crippen molar-refractivity contribution in [3.05, 3.63) is 51.7 Å². The van der Waals surface area contributed by atoms with Crippen molar-refractivity contribution in [3.63, 3.8) is 0 Å². The van der Waals surface area contributed by atoms with E-state index in [9.17, 15) is 4.79 Å². The van der Waals surface area contributed by atoms with Crippen molar-refractivity contribution in [3.8, 4) is 5.75 Å². The summed E-state index contributed by atoms with van der Waals surface area (Å²) in [6.45, 7) is 4.20. The molecule has 0 spiro atoms. The van der Waals surface area contributed by atoms with Crippen LogP contribution in [0.4, 0.5) is 4.79 Å². The van der Waals surface area contributed by atoms with Crippen molar-refractivity contribution in [1.82, 2.24) is 5.43 Å². The summed E-state index contributed by atoms with van der Waals surface area (Å²) in [5.74, 6) is 2.83. The topological polar surface area (TPSA) is 59.9 Å². The maximum Gasteiger partial charge on any atom is 0.427 e. The van der Waals surface area contributed by atoms with Crippen LogP contribution in [0, 0.1) is 0 Å². The van der Waals surface area contributed by atoms with E-state index in [1.165, 1.54) is 4.88 Å². The van der Waals surface area contributed by atoms with E-state index >= 15 is 0 Å². The smallest absolute Gasteiger partial charge is 0.427 e. The van der Waals surface area contributed by atoms with E-state index in [-0.39, 0.29) is 0 Å². The SMILES string of the molecule is CCOC(=O)NN=C(c1ccc(OC)cc1)c1ccc(CSCC)s1. The molecular formula is C18H22N2O3S2. The van der Waals surface area contributed by atoms with Gasteiger partial charge < -0.3 is 9.47 Å². The lowest BCUT2D eigenvalue weighted by Crippen LogP contribution is -2.21. The fourth-order valence-corrected chi connectivity index (χ4v) is 3.86. The Kier molecular flexibility index (Phi) is 7.81. The largest absolute Gasteiger partial charge is 0.497 e. The lowest BCUT2D eigenvalue weighted by Gasteiger charge is -2.07. The second kappa shape index (κ2) is 10.1. The van der Waals surface area contributed by atoms with Crippen molar-refractivity contribution >= 4 is 34.9 Å². The summed E-state index contributed by atoms with van der Waals surface area (Å²) in [5, 5.41) is 4.29. The number of hydrogen-bond donors (Lipinski definition) is 1. The highest BCUT2D eigenvalue weighted by Crippen LogP contribution is 2.25. The third-order valence-corrected chi connectivity index (χ3v) is 5.44. The van der Waals surface area contributed by atoms with E-state index in [2.05, 4.69) is 23.5 Å². The molecule has 134 valence electrons. The van der Waals surface area contributed by atoms with Gasteiger partial charge in [-0.2, -0.15) is 16.9 Å². The number of carbonyl (C=O) groups excluding carboxylic acids is 1. The highest BCUT2D eigenvalue weighted by atomic mass is 32.2. The van der Waals surface area contributed by atoms with Gasteiger partial charge in [-0.1, -0.05) is 6.92 Å². The zero-order chi connectivity index (χ0) is 18.1. The molecule has 1 aromatic heterocycles. The Morgan fingerprint density at radius 3 is 2.60 bits per heavy atom. The van der Waals surface area contributed by atoms with Crippen LogP contribution in [-0.4, -0.2) is 31.3 Å². The quantitative estimate of drug-likeness (QED) is 0.542. The van der Waals surface area contributed by atoms with E-state index in [0.29, 0.717) is 12.3 Å². The molecule has 0 fully saturated rings. The predicted octanol–water partition coefficient (Wildman–Crippen LogP) is 4.51. The first-order chi connectivity index (χ1) is 12.2. The Hall–Kier alpha value is -1.99. The summed E-state index contributed by atoms with van der Waals surface area (Å²) in [5.41, 5.74) is 4.06. The molecule has 0 unspecified atom stereocenters. The zero-order valence-electron chi connectivity index (χ0n) is 14.6. The number of hydrazone groups is 1. The molecule has 0 bridgehead atoms. The van der Waals surface area contributed by atoms with Crippen LogP contribution in [0.5, 0.6) is 5.75 Å². The van der Waals surface area contributed by atoms with Gasteiger partial charge in [0.15, 0.2) is 0 Å². The molecule has 2 aromatic rings. The first-order valence-corrected chi connectivity index (χ1v) is 9.96. The summed E-state index contributed by atoms with van der Waals surface area (Å²) < 4.78 is 10.1. The lowest BCUT2D eigenvalue weighted by atomic mass is 10.1. The van der Waals surface area contributed by atoms with Gasteiger partial charge in [0, 0.05) is 16.2 Å². The van der Waals surface area contributed by atoms with Crippen molar-refractivity contribution in [1.29, 1.82) is 0 Å². The lowest BCUT2D eigenvalue weighted by molar-refractivity contribution is 0.152. The number of ether oxygens (including phenoxy) is 2. The Labute approximate surface area is 156 Å². The summed E-state index contributed by atoms with van der Waals surface area (Å²) in [6.07, 6.45) is -0.563. The zero-order valence-corrected chi connectivity index (χ0v) is 16.2. The van der Waals surface area contributed by atoms with E-state index in [1.807, 2.05) is 42.1 Å². The molecule has 0 atom stereocenters. The second-order valence-corrected chi connectivity index (χ2v) is 7.37. The number of nitrogens with one attached hydrogen (secondary N) is 1. The summed E-state index contributed by atoms with van der Waals surface area (Å²) in [7, 11) is 1.63. The van der Waals surface area contributed by atoms with Gasteiger partial charge in [-0.25, -0.2) is 10.2 Å². The van der Waals surface area contributed by atoms with Crippen LogP contribution in [0.3, 0.4) is 0 Å². The number of hydrogen-bond acceptors (Lipinski definition) is 6. The Morgan fingerprint density at radius 2 is 1.96 bits per heavy atom. The normalized spacial score (nSPS) is 11.2. The molecule has 0 aliphatic rings. The minimum absolute atomic E-state index is 0.302. The minimum atomic E-state index is -0.563. The van der Waals surface area contributed by atoms with Crippen molar-refractivity contribution in [2.75, 3.05) is 19.5 Å². The number of nitrogens with zero attached hydrogens (tertiary/aromatic N) is 1. The number of amides is 1. The van der Waals surface area contributed by atoms with Crippen LogP contribution in [0.25, 0.3) is 0 Å². The van der Waals surface area contributed by atoms with Crippen LogP contribution >= 0.6 is 23.1 Å². The van der Waals surface area contributed by atoms with Crippen LogP contribution in [0.2, 0.25) is 0 Å². The molecule has 1 aromatic carbocycles. The fraction of sp³-hybridized carbons (Fsp3) is 0.333. The molecular weight excluding hydrogens is 356 g/mol. The molecule has 0 saturated heterocycles. The van der Waals surface area contributed by atoms with Gasteiger partial charge in [-0.15, -0.1) is 11.3 Å². The van der Waals surface area contributed by atoms with E-state index in [0.717, 1.165) is 27.7 Å². The molecule has 7 heteroatoms. The van der Waals surface area contributed by atoms with Gasteiger partial charge in [0.1, 0.15) is 11.5 Å². The molecule has 1 heterocycles. The molecule has 0 radical (unpaired) electrons. The third kappa shape index (κ3) is 5.79. The Morgan fingerprint density at radius 1 is 1.20 bits per heavy atom. The predicted molar refractivity (Wildman–Crippen MR) is 105 cm³/mol. The molecule has 1 amide bonds. The van der Waals surface area contributed by atoms with Gasteiger partial charge in [0.05, 0.1) is 18.6 Å². The van der Waals surface area contributed by atoms with Gasteiger partial charge in [0.25, 0.3) is 0 Å². The molecule has 1 N–H and O–H groups in total. The number of thioether (sulfide) groups is 1. The molecule has 25 heavy (non-hydrogen) atoms. The molecule has 0 saturated carbocycles. The van der Waals surface area contributed by atoms with E-state index in [4.69, 9.17) is 9.47 Å². The van der Waals surface area contributed by atoms with E-state index in [1.54, 1.807) is 25.4 Å². The van der Waals surface area contributed by atoms with Crippen molar-refractivity contribution in [2.24, 2.45) is 5.10 Å². The molecule has 2 rings (SSSR count). The first kappa shape index (κ1) is 19.3. The number of rotatable bonds is 8. The highest BCUT2D eigenvalue weighted by Gasteiger charge is 2.12. The monoisotopic (exact) mass is 378 g/mol. The van der Waals surface area contributed by atoms with Crippen LogP contribution in [0.1, 0.15) is 29.2 Å². The van der Waals surface area contributed by atoms with Gasteiger partial charge in [0.2, 0.25) is 0 Å². The molecule has 5 nitrogen and oxygen atoms in total. The maximum absolute atomic E-state index is 11.6. The second-order valence-electron chi connectivity index (χ2n) is 4.92. The first-order valence-electron chi connectivity index (χ1n) is 7.99. The average molecular weight is 379 g/mol. The van der Waals surface area contributed by atoms with Crippen molar-refractivity contribution < 1.29 is 14.3 Å². The third-order valence-electron chi connectivity index (χ3n) is 3.24. The minimum Gasteiger partial charge on any atom is -0.497 e. The molecule has 0 aliphatic carbocycles. The van der Waals surface area contributed by atoms with Gasteiger partial charge >= 0.3 is 6.09 Å². The van der Waals surface area contributed by atoms with Crippen LogP contribution < -0.4 is 10.2 Å². The van der Waals surface area contributed by atoms with Crippen LogP contribution in [0.15, 0.2) is 41.5 Å². The molecule has 0 aliphatic heterocycles. The number of thiophene rings is 1. The van der Waals surface area contributed by atoms with Crippen molar-refractivity contribution in [2.45, 2.75) is 19.6 Å². The maximum atomic E-state index is 11.6. The van der Waals surface area contributed by atoms with E-state index < -0.39 is 6.09 Å². The number of methoxy groups -OCH3 is 1. The highest BCUT2D eigenvalue weighted by molar-refractivity contribution is 7.98. The summed E-state index contributed by atoms with van der Waals surface area (Å²) >= 11 is 3.55. The van der Waals surface area contributed by atoms with Crippen LogP contribution in [-0.2, 0) is 10.5 Å².